The van der Waals surface area contributed by atoms with Gasteiger partial charge in [-0.3, -0.25) is 4.79 Å². The SMILES string of the molecule is O=C(N[C@@H]1Cc2ccccc2[C@H]1C[S+]([O-])C[C@@H](O)CO)c1cc2cc(Cl)sc2[nH]1. The quantitative estimate of drug-likeness (QED) is 0.413. The van der Waals surface area contributed by atoms with E-state index in [2.05, 4.69) is 10.3 Å². The topological polar surface area (TPSA) is 108 Å². The van der Waals surface area contributed by atoms with Crippen LogP contribution in [0.5, 0.6) is 0 Å². The zero-order valence-electron chi connectivity index (χ0n) is 15.4. The first kappa shape index (κ1) is 20.7. The molecular weight excluding hydrogens is 432 g/mol. The molecule has 2 aromatic heterocycles. The fourth-order valence-electron chi connectivity index (χ4n) is 3.83. The first-order valence-corrected chi connectivity index (χ1v) is 11.9. The van der Waals surface area contributed by atoms with Gasteiger partial charge in [0.15, 0.2) is 0 Å². The lowest BCUT2D eigenvalue weighted by Crippen LogP contribution is -2.41. The van der Waals surface area contributed by atoms with Gasteiger partial charge in [-0.25, -0.2) is 0 Å². The zero-order chi connectivity index (χ0) is 20.5. The van der Waals surface area contributed by atoms with Crippen molar-refractivity contribution in [3.63, 3.8) is 0 Å². The van der Waals surface area contributed by atoms with E-state index in [1.54, 1.807) is 6.07 Å². The van der Waals surface area contributed by atoms with Crippen LogP contribution < -0.4 is 5.32 Å². The minimum atomic E-state index is -1.32. The third-order valence-electron chi connectivity index (χ3n) is 5.17. The van der Waals surface area contributed by atoms with Crippen molar-refractivity contribution in [2.75, 3.05) is 18.1 Å². The molecular formula is C20H21ClN2O4S2. The van der Waals surface area contributed by atoms with Crippen molar-refractivity contribution in [1.29, 1.82) is 0 Å². The van der Waals surface area contributed by atoms with E-state index < -0.39 is 23.9 Å². The molecule has 1 aromatic carbocycles. The molecule has 2 heterocycles. The Morgan fingerprint density at radius 1 is 1.41 bits per heavy atom. The van der Waals surface area contributed by atoms with Crippen LogP contribution in [0.2, 0.25) is 4.34 Å². The van der Waals surface area contributed by atoms with Gasteiger partial charge in [-0.15, -0.1) is 11.3 Å². The van der Waals surface area contributed by atoms with Gasteiger partial charge in [-0.2, -0.15) is 0 Å². The predicted octanol–water partition coefficient (Wildman–Crippen LogP) is 2.42. The monoisotopic (exact) mass is 452 g/mol. The molecule has 9 heteroatoms. The molecule has 0 aliphatic heterocycles. The highest BCUT2D eigenvalue weighted by molar-refractivity contribution is 7.91. The van der Waals surface area contributed by atoms with Crippen molar-refractivity contribution >= 4 is 50.2 Å². The molecule has 0 saturated carbocycles. The summed E-state index contributed by atoms with van der Waals surface area (Å²) in [5.74, 6) is -0.00120. The smallest absolute Gasteiger partial charge is 0.268 e. The number of aliphatic hydroxyl groups is 2. The average molecular weight is 453 g/mol. The summed E-state index contributed by atoms with van der Waals surface area (Å²) in [6.07, 6.45) is -0.341. The van der Waals surface area contributed by atoms with Crippen molar-refractivity contribution in [3.8, 4) is 0 Å². The van der Waals surface area contributed by atoms with E-state index >= 15 is 0 Å². The van der Waals surface area contributed by atoms with Crippen LogP contribution in [0.25, 0.3) is 10.2 Å². The van der Waals surface area contributed by atoms with Crippen molar-refractivity contribution in [3.05, 3.63) is 57.6 Å². The largest absolute Gasteiger partial charge is 0.616 e. The second kappa shape index (κ2) is 8.67. The number of amides is 1. The number of halogens is 1. The van der Waals surface area contributed by atoms with E-state index in [1.807, 2.05) is 30.3 Å². The van der Waals surface area contributed by atoms with Crippen LogP contribution in [0.15, 0.2) is 36.4 Å². The van der Waals surface area contributed by atoms with Crippen molar-refractivity contribution in [2.45, 2.75) is 24.5 Å². The Hall–Kier alpha value is -1.55. The van der Waals surface area contributed by atoms with Crippen molar-refractivity contribution in [2.24, 2.45) is 0 Å². The molecule has 3 aromatic rings. The lowest BCUT2D eigenvalue weighted by molar-refractivity contribution is 0.0930. The summed E-state index contributed by atoms with van der Waals surface area (Å²) in [6, 6.07) is 11.3. The maximum Gasteiger partial charge on any atom is 0.268 e. The zero-order valence-corrected chi connectivity index (χ0v) is 17.8. The molecule has 4 N–H and O–H groups in total. The number of aromatic nitrogens is 1. The van der Waals surface area contributed by atoms with Gasteiger partial charge in [0.2, 0.25) is 0 Å². The molecule has 0 spiro atoms. The number of carbonyl (C=O) groups is 1. The van der Waals surface area contributed by atoms with Gasteiger partial charge in [-0.1, -0.05) is 47.0 Å². The number of fused-ring (bicyclic) bond motifs is 2. The van der Waals surface area contributed by atoms with Crippen molar-refractivity contribution in [1.82, 2.24) is 10.3 Å². The number of nitrogens with one attached hydrogen (secondary N) is 2. The lowest BCUT2D eigenvalue weighted by Gasteiger charge is -2.23. The average Bonchev–Trinajstić information content (AvgIpc) is 3.33. The second-order valence-electron chi connectivity index (χ2n) is 7.22. The Labute approximate surface area is 180 Å². The molecule has 0 saturated heterocycles. The molecule has 1 aliphatic carbocycles. The van der Waals surface area contributed by atoms with Crippen LogP contribution in [-0.4, -0.2) is 55.9 Å². The first-order valence-electron chi connectivity index (χ1n) is 9.25. The van der Waals surface area contributed by atoms with E-state index in [1.165, 1.54) is 11.3 Å². The van der Waals surface area contributed by atoms with Crippen LogP contribution in [0.4, 0.5) is 0 Å². The summed E-state index contributed by atoms with van der Waals surface area (Å²) in [6.45, 7) is -0.416. The highest BCUT2D eigenvalue weighted by Crippen LogP contribution is 2.35. The van der Waals surface area contributed by atoms with E-state index in [4.69, 9.17) is 16.7 Å². The van der Waals surface area contributed by atoms with Crippen LogP contribution in [0, 0.1) is 0 Å². The van der Waals surface area contributed by atoms with Crippen molar-refractivity contribution < 1.29 is 19.6 Å². The Morgan fingerprint density at radius 3 is 2.97 bits per heavy atom. The fourth-order valence-corrected chi connectivity index (χ4v) is 6.44. The predicted molar refractivity (Wildman–Crippen MR) is 116 cm³/mol. The molecule has 29 heavy (non-hydrogen) atoms. The highest BCUT2D eigenvalue weighted by atomic mass is 35.5. The number of H-pyrrole nitrogens is 1. The number of hydrogen-bond donors (Lipinski definition) is 4. The number of carbonyl (C=O) groups excluding carboxylic acids is 1. The fraction of sp³-hybridized carbons (Fsp3) is 0.350. The molecule has 4 atom stereocenters. The molecule has 4 rings (SSSR count). The van der Waals surface area contributed by atoms with E-state index in [-0.39, 0.29) is 23.6 Å². The van der Waals surface area contributed by atoms with E-state index in [0.717, 1.165) is 21.3 Å². The molecule has 6 nitrogen and oxygen atoms in total. The number of benzene rings is 1. The summed E-state index contributed by atoms with van der Waals surface area (Å²) in [5.41, 5.74) is 2.67. The standard InChI is InChI=1S/C20H21ClN2O4S2/c21-18-7-12-6-17(23-20(12)28-18)19(26)22-16-5-11-3-1-2-4-14(11)15(16)10-29(27)9-13(25)8-24/h1-4,6-7,13,15-16,23-25H,5,8-10H2,(H,22,26)/t13-,15+,16+,29?/m0/s1. The second-order valence-corrected chi connectivity index (χ2v) is 10.4. The van der Waals surface area contributed by atoms with Gasteiger partial charge in [0, 0.05) is 17.3 Å². The summed E-state index contributed by atoms with van der Waals surface area (Å²) < 4.78 is 13.2. The molecule has 1 amide bonds. The number of aromatic amines is 1. The van der Waals surface area contributed by atoms with Gasteiger partial charge in [0.1, 0.15) is 28.1 Å². The molecule has 0 fully saturated rings. The number of thiophene rings is 1. The summed E-state index contributed by atoms with van der Waals surface area (Å²) in [4.78, 5) is 16.8. The minimum Gasteiger partial charge on any atom is -0.616 e. The van der Waals surface area contributed by atoms with Gasteiger partial charge >= 0.3 is 0 Å². The molecule has 154 valence electrons. The normalized spacial score (nSPS) is 20.6. The minimum absolute atomic E-state index is 0.0174. The molecule has 0 bridgehead atoms. The number of aliphatic hydroxyl groups excluding tert-OH is 2. The Morgan fingerprint density at radius 2 is 2.21 bits per heavy atom. The lowest BCUT2D eigenvalue weighted by atomic mass is 10.0. The maximum atomic E-state index is 12.8. The molecule has 1 unspecified atom stereocenters. The molecule has 0 radical (unpaired) electrons. The highest BCUT2D eigenvalue weighted by Gasteiger charge is 2.37. The van der Waals surface area contributed by atoms with Gasteiger partial charge < -0.3 is 25.1 Å². The summed E-state index contributed by atoms with van der Waals surface area (Å²) >= 11 is 6.06. The number of rotatable bonds is 7. The number of hydrogen-bond acceptors (Lipinski definition) is 5. The van der Waals surface area contributed by atoms with Crippen LogP contribution in [0.3, 0.4) is 0 Å². The van der Waals surface area contributed by atoms with Crippen LogP contribution in [0.1, 0.15) is 27.5 Å². The van der Waals surface area contributed by atoms with Gasteiger partial charge in [0.25, 0.3) is 5.91 Å². The van der Waals surface area contributed by atoms with Gasteiger partial charge in [0.05, 0.1) is 10.9 Å². The third-order valence-corrected chi connectivity index (χ3v) is 7.86. The first-order chi connectivity index (χ1) is 13.9. The maximum absolute atomic E-state index is 12.8. The van der Waals surface area contributed by atoms with E-state index in [9.17, 15) is 14.5 Å². The van der Waals surface area contributed by atoms with Crippen LogP contribution >= 0.6 is 22.9 Å². The Kier molecular flexibility index (Phi) is 6.19. The Balaban J connectivity index is 1.51. The van der Waals surface area contributed by atoms with E-state index in [0.29, 0.717) is 22.2 Å². The third kappa shape index (κ3) is 4.47. The summed E-state index contributed by atoms with van der Waals surface area (Å²) in [7, 11) is 0. The molecule has 1 aliphatic rings. The van der Waals surface area contributed by atoms with Crippen LogP contribution in [-0.2, 0) is 17.6 Å². The van der Waals surface area contributed by atoms with Gasteiger partial charge in [-0.05, 0) is 29.7 Å². The summed E-state index contributed by atoms with van der Waals surface area (Å²) in [5, 5.41) is 22.6. The Bertz CT molecular complexity index is 990.